The molecule has 42 heavy (non-hydrogen) atoms. The van der Waals surface area contributed by atoms with Gasteiger partial charge in [-0.2, -0.15) is 13.2 Å². The number of alkyl halides is 3. The zero-order valence-electron chi connectivity index (χ0n) is 23.7. The number of carbonyl (C=O) groups excluding carboxylic acids is 2. The summed E-state index contributed by atoms with van der Waals surface area (Å²) >= 11 is 0. The first-order valence-corrected chi connectivity index (χ1v) is 15.8. The second kappa shape index (κ2) is 13.0. The Morgan fingerprint density at radius 1 is 1.14 bits per heavy atom. The van der Waals surface area contributed by atoms with E-state index in [1.807, 2.05) is 6.92 Å². The predicted molar refractivity (Wildman–Crippen MR) is 149 cm³/mol. The number of nitrogens with one attached hydrogen (secondary N) is 1. The molecule has 2 amide bonds. The minimum Gasteiger partial charge on any atom is -0.447 e. The molecule has 13 heteroatoms. The summed E-state index contributed by atoms with van der Waals surface area (Å²) < 4.78 is 68.6. The molecule has 0 bridgehead atoms. The van der Waals surface area contributed by atoms with E-state index in [-0.39, 0.29) is 42.1 Å². The molecule has 1 aromatic heterocycles. The van der Waals surface area contributed by atoms with Crippen molar-refractivity contribution >= 4 is 21.8 Å². The maximum atomic E-state index is 13.3. The van der Waals surface area contributed by atoms with Crippen molar-refractivity contribution in [2.24, 2.45) is 17.6 Å². The lowest BCUT2D eigenvalue weighted by Crippen LogP contribution is -2.33. The highest BCUT2D eigenvalue weighted by Crippen LogP contribution is 2.42. The summed E-state index contributed by atoms with van der Waals surface area (Å²) in [4.78, 5) is 31.5. The molecule has 0 radical (unpaired) electrons. The van der Waals surface area contributed by atoms with Crippen LogP contribution in [0.2, 0.25) is 0 Å². The van der Waals surface area contributed by atoms with E-state index >= 15 is 0 Å². The Morgan fingerprint density at radius 2 is 1.81 bits per heavy atom. The number of nitrogens with zero attached hydrogens (tertiary/aromatic N) is 2. The molecule has 2 aliphatic rings. The van der Waals surface area contributed by atoms with E-state index in [4.69, 9.17) is 10.5 Å². The molecule has 4 rings (SSSR count). The van der Waals surface area contributed by atoms with Crippen molar-refractivity contribution in [3.63, 3.8) is 0 Å². The topological polar surface area (TPSA) is 132 Å². The molecule has 0 saturated heterocycles. The maximum absolute atomic E-state index is 13.3. The average Bonchev–Trinajstić information content (AvgIpc) is 3.30. The van der Waals surface area contributed by atoms with E-state index in [9.17, 15) is 31.2 Å². The lowest BCUT2D eigenvalue weighted by molar-refractivity contribution is -0.184. The van der Waals surface area contributed by atoms with Crippen LogP contribution in [0.25, 0.3) is 0 Å². The molecule has 1 saturated carbocycles. The van der Waals surface area contributed by atoms with Gasteiger partial charge in [-0.05, 0) is 67.3 Å². The molecule has 9 nitrogen and oxygen atoms in total. The van der Waals surface area contributed by atoms with Gasteiger partial charge in [-0.25, -0.2) is 13.2 Å². The number of pyridine rings is 1. The van der Waals surface area contributed by atoms with Gasteiger partial charge in [0, 0.05) is 19.3 Å². The van der Waals surface area contributed by atoms with Crippen LogP contribution in [0.15, 0.2) is 41.4 Å². The summed E-state index contributed by atoms with van der Waals surface area (Å²) in [7, 11) is -3.42. The first-order valence-electron chi connectivity index (χ1n) is 14.2. The van der Waals surface area contributed by atoms with Crippen LogP contribution in [-0.2, 0) is 21.1 Å². The van der Waals surface area contributed by atoms with Gasteiger partial charge in [-0.15, -0.1) is 0 Å². The number of ether oxygens (including phenoxy) is 1. The lowest BCUT2D eigenvalue weighted by atomic mass is 9.81. The fraction of sp³-hybridized carbons (Fsp3) is 0.552. The van der Waals surface area contributed by atoms with Crippen LogP contribution in [0.1, 0.15) is 85.2 Å². The third kappa shape index (κ3) is 7.41. The van der Waals surface area contributed by atoms with E-state index in [2.05, 4.69) is 15.2 Å². The number of primary amides is 1. The Labute approximate surface area is 243 Å². The van der Waals surface area contributed by atoms with Crippen molar-refractivity contribution in [1.82, 2.24) is 15.2 Å². The average molecular weight is 611 g/mol. The molecule has 2 heterocycles. The monoisotopic (exact) mass is 610 g/mol. The highest BCUT2D eigenvalue weighted by atomic mass is 32.2. The van der Waals surface area contributed by atoms with Gasteiger partial charge in [0.05, 0.1) is 39.9 Å². The predicted octanol–water partition coefficient (Wildman–Crippen LogP) is 5.08. The van der Waals surface area contributed by atoms with Crippen LogP contribution in [0.4, 0.5) is 18.0 Å². The fourth-order valence-electron chi connectivity index (χ4n) is 5.92. The van der Waals surface area contributed by atoms with Gasteiger partial charge >= 0.3 is 12.3 Å². The van der Waals surface area contributed by atoms with Gasteiger partial charge in [0.15, 0.2) is 9.84 Å². The molecular weight excluding hydrogens is 573 g/mol. The van der Waals surface area contributed by atoms with E-state index in [1.54, 1.807) is 25.1 Å². The molecule has 2 aromatic rings. The first-order chi connectivity index (χ1) is 19.8. The molecular formula is C29H37F3N4O5S. The zero-order chi connectivity index (χ0) is 30.7. The molecule has 0 unspecified atom stereocenters. The highest BCUT2D eigenvalue weighted by molar-refractivity contribution is 7.91. The number of halogens is 3. The minimum absolute atomic E-state index is 0.0204. The van der Waals surface area contributed by atoms with Crippen molar-refractivity contribution in [3.8, 4) is 0 Å². The number of hydrogen-bond donors (Lipinski definition) is 2. The zero-order valence-corrected chi connectivity index (χ0v) is 24.5. The van der Waals surface area contributed by atoms with Gasteiger partial charge in [0.25, 0.3) is 5.91 Å². The van der Waals surface area contributed by atoms with Gasteiger partial charge < -0.3 is 15.8 Å². The Hall–Kier alpha value is -3.19. The molecule has 0 spiro atoms. The van der Waals surface area contributed by atoms with E-state index in [0.29, 0.717) is 37.1 Å². The number of rotatable bonds is 10. The molecule has 1 aromatic carbocycles. The van der Waals surface area contributed by atoms with Crippen LogP contribution < -0.4 is 11.1 Å². The number of nitrogens with two attached hydrogens (primary N) is 1. The van der Waals surface area contributed by atoms with Gasteiger partial charge in [0.2, 0.25) is 0 Å². The minimum atomic E-state index is -4.13. The molecule has 1 aliphatic heterocycles. The summed E-state index contributed by atoms with van der Waals surface area (Å²) in [5.41, 5.74) is 7.70. The molecule has 1 aliphatic carbocycles. The van der Waals surface area contributed by atoms with Crippen LogP contribution >= 0.6 is 0 Å². The van der Waals surface area contributed by atoms with Crippen LogP contribution in [-0.4, -0.2) is 55.4 Å². The first kappa shape index (κ1) is 31.7. The highest BCUT2D eigenvalue weighted by Gasteiger charge is 2.42. The normalized spacial score (nSPS) is 21.9. The SMILES string of the molecule is CC[C@@H]1c2ncc(C(=O)N[C@@H](COC(N)=O)c3ccc(S(=O)(=O)CC)cc3)cc2CN1CC1CCC(C(F)(F)F)CC1. The standard InChI is InChI=1S/C29H37F3N4O5S/c1-3-25-26-21(16-36(25)15-18-5-9-22(10-6-18)29(30,31)32)13-20(14-34-26)27(37)35-24(17-41-28(33)38)19-7-11-23(12-8-19)42(39,40)4-2/h7-8,11-14,18,22,24-25H,3-6,9-10,15-17H2,1-2H3,(H2,33,38)(H,35,37)/t18?,22?,24-,25+/m0/s1. The molecule has 3 N–H and O–H groups in total. The van der Waals surface area contributed by atoms with Gasteiger partial charge in [0.1, 0.15) is 6.61 Å². The van der Waals surface area contributed by atoms with Crippen molar-refractivity contribution in [1.29, 1.82) is 0 Å². The lowest BCUT2D eigenvalue weighted by Gasteiger charge is -2.33. The number of carbonyl (C=O) groups is 2. The van der Waals surface area contributed by atoms with E-state index in [1.165, 1.54) is 18.3 Å². The van der Waals surface area contributed by atoms with E-state index in [0.717, 1.165) is 17.7 Å². The number of fused-ring (bicyclic) bond motifs is 1. The number of benzene rings is 1. The summed E-state index contributed by atoms with van der Waals surface area (Å²) in [6.45, 7) is 4.54. The Balaban J connectivity index is 1.45. The quantitative estimate of drug-likeness (QED) is 0.384. The maximum Gasteiger partial charge on any atom is 0.404 e. The van der Waals surface area contributed by atoms with Crippen molar-refractivity contribution in [2.45, 2.75) is 75.7 Å². The molecule has 1 fully saturated rings. The third-order valence-corrected chi connectivity index (χ3v) is 10.1. The van der Waals surface area contributed by atoms with Gasteiger partial charge in [-0.3, -0.25) is 14.7 Å². The largest absolute Gasteiger partial charge is 0.447 e. The third-order valence-electron chi connectivity index (χ3n) is 8.30. The van der Waals surface area contributed by atoms with Crippen molar-refractivity contribution in [2.75, 3.05) is 18.9 Å². The fourth-order valence-corrected chi connectivity index (χ4v) is 6.81. The Morgan fingerprint density at radius 3 is 2.38 bits per heavy atom. The second-order valence-corrected chi connectivity index (χ2v) is 13.3. The summed E-state index contributed by atoms with van der Waals surface area (Å²) in [5, 5.41) is 2.82. The second-order valence-electron chi connectivity index (χ2n) is 11.0. The Kier molecular flexibility index (Phi) is 9.81. The molecule has 230 valence electrons. The van der Waals surface area contributed by atoms with Crippen LogP contribution in [0.3, 0.4) is 0 Å². The summed E-state index contributed by atoms with van der Waals surface area (Å²) in [6.07, 6.45) is -1.50. The number of amides is 2. The van der Waals surface area contributed by atoms with Crippen molar-refractivity contribution in [3.05, 3.63) is 58.9 Å². The van der Waals surface area contributed by atoms with Crippen LogP contribution in [0, 0.1) is 11.8 Å². The van der Waals surface area contributed by atoms with Crippen molar-refractivity contribution < 1.29 is 35.9 Å². The number of sulfone groups is 1. The summed E-state index contributed by atoms with van der Waals surface area (Å²) in [5.74, 6) is -1.56. The number of hydrogen-bond acceptors (Lipinski definition) is 7. The number of aromatic nitrogens is 1. The van der Waals surface area contributed by atoms with Gasteiger partial charge in [-0.1, -0.05) is 26.0 Å². The van der Waals surface area contributed by atoms with Crippen LogP contribution in [0.5, 0.6) is 0 Å². The Bertz CT molecular complexity index is 1380. The summed E-state index contributed by atoms with van der Waals surface area (Å²) in [6, 6.07) is 6.95. The van der Waals surface area contributed by atoms with E-state index < -0.39 is 40.0 Å². The molecule has 2 atom stereocenters. The smallest absolute Gasteiger partial charge is 0.404 e.